The molecule has 0 amide bonds. The van der Waals surface area contributed by atoms with E-state index in [2.05, 4.69) is 5.10 Å². The van der Waals surface area contributed by atoms with Crippen molar-refractivity contribution in [2.24, 2.45) is 7.05 Å². The molecule has 0 aliphatic rings. The van der Waals surface area contributed by atoms with E-state index in [1.54, 1.807) is 12.1 Å². The highest BCUT2D eigenvalue weighted by Gasteiger charge is 2.11. The number of carbonyl (C=O) groups is 1. The van der Waals surface area contributed by atoms with Crippen LogP contribution in [-0.4, -0.2) is 27.9 Å². The number of anilines is 2. The summed E-state index contributed by atoms with van der Waals surface area (Å²) in [5, 5.41) is 13.2. The minimum Gasteiger partial charge on any atom is -0.478 e. The van der Waals surface area contributed by atoms with Crippen molar-refractivity contribution in [3.63, 3.8) is 0 Å². The second-order valence-corrected chi connectivity index (χ2v) is 4.84. The van der Waals surface area contributed by atoms with E-state index < -0.39 is 5.97 Å². The molecule has 0 aliphatic heterocycles. The van der Waals surface area contributed by atoms with Gasteiger partial charge in [-0.1, -0.05) is 0 Å². The van der Waals surface area contributed by atoms with Crippen molar-refractivity contribution in [3.8, 4) is 0 Å². The van der Waals surface area contributed by atoms with Crippen molar-refractivity contribution in [2.75, 3.05) is 17.7 Å². The van der Waals surface area contributed by atoms with E-state index in [1.165, 1.54) is 6.07 Å². The number of aromatic nitrogens is 2. The summed E-state index contributed by atoms with van der Waals surface area (Å²) in [6.07, 6.45) is 0. The standard InChI is InChI=1S/C14H18N4O2/c1-9-6-11(18(3)16-9)8-17(2)13-5-4-10(14(19)20)7-12(13)15/h4-7H,8,15H2,1-3H3,(H,19,20). The summed E-state index contributed by atoms with van der Waals surface area (Å²) >= 11 is 0. The third-order valence-electron chi connectivity index (χ3n) is 3.18. The molecule has 1 aromatic carbocycles. The van der Waals surface area contributed by atoms with E-state index in [0.717, 1.165) is 17.1 Å². The van der Waals surface area contributed by atoms with Crippen molar-refractivity contribution in [2.45, 2.75) is 13.5 Å². The average Bonchev–Trinajstić information content (AvgIpc) is 2.67. The van der Waals surface area contributed by atoms with Crippen molar-refractivity contribution in [1.29, 1.82) is 0 Å². The molecule has 0 unspecified atom stereocenters. The van der Waals surface area contributed by atoms with Crippen LogP contribution in [0.15, 0.2) is 24.3 Å². The third-order valence-corrected chi connectivity index (χ3v) is 3.18. The molecular formula is C14H18N4O2. The number of carboxylic acids is 1. The lowest BCUT2D eigenvalue weighted by molar-refractivity contribution is 0.0697. The molecule has 3 N–H and O–H groups in total. The van der Waals surface area contributed by atoms with Gasteiger partial charge < -0.3 is 15.7 Å². The van der Waals surface area contributed by atoms with Gasteiger partial charge in [0.25, 0.3) is 0 Å². The number of hydrogen-bond donors (Lipinski definition) is 2. The zero-order valence-electron chi connectivity index (χ0n) is 11.8. The molecule has 106 valence electrons. The Morgan fingerprint density at radius 1 is 1.45 bits per heavy atom. The van der Waals surface area contributed by atoms with Crippen LogP contribution in [0.2, 0.25) is 0 Å². The summed E-state index contributed by atoms with van der Waals surface area (Å²) in [4.78, 5) is 12.9. The van der Waals surface area contributed by atoms with Crippen LogP contribution in [0, 0.1) is 6.92 Å². The van der Waals surface area contributed by atoms with Crippen LogP contribution in [0.1, 0.15) is 21.7 Å². The molecule has 0 fully saturated rings. The van der Waals surface area contributed by atoms with Gasteiger partial charge in [0.05, 0.1) is 34.9 Å². The number of carboxylic acid groups (broad SMARTS) is 1. The van der Waals surface area contributed by atoms with Gasteiger partial charge in [0, 0.05) is 14.1 Å². The molecule has 0 saturated heterocycles. The summed E-state index contributed by atoms with van der Waals surface area (Å²) in [6.45, 7) is 2.59. The SMILES string of the molecule is Cc1cc(CN(C)c2ccc(C(=O)O)cc2N)n(C)n1. The molecule has 2 rings (SSSR count). The van der Waals surface area contributed by atoms with Crippen molar-refractivity contribution < 1.29 is 9.90 Å². The van der Waals surface area contributed by atoms with Crippen molar-refractivity contribution in [1.82, 2.24) is 9.78 Å². The summed E-state index contributed by atoms with van der Waals surface area (Å²) in [5.74, 6) is -0.979. The molecule has 0 radical (unpaired) electrons. The van der Waals surface area contributed by atoms with Gasteiger partial charge in [-0.15, -0.1) is 0 Å². The van der Waals surface area contributed by atoms with Gasteiger partial charge in [-0.25, -0.2) is 4.79 Å². The fraction of sp³-hybridized carbons (Fsp3) is 0.286. The van der Waals surface area contributed by atoms with Gasteiger partial charge in [0.15, 0.2) is 0 Å². The Bertz CT molecular complexity index is 649. The van der Waals surface area contributed by atoms with E-state index in [9.17, 15) is 4.79 Å². The molecule has 6 heteroatoms. The number of nitrogens with two attached hydrogens (primary N) is 1. The molecular weight excluding hydrogens is 256 g/mol. The summed E-state index contributed by atoms with van der Waals surface area (Å²) in [6, 6.07) is 6.77. The summed E-state index contributed by atoms with van der Waals surface area (Å²) in [7, 11) is 3.81. The second-order valence-electron chi connectivity index (χ2n) is 4.84. The maximum atomic E-state index is 10.9. The highest BCUT2D eigenvalue weighted by Crippen LogP contribution is 2.24. The molecule has 20 heavy (non-hydrogen) atoms. The summed E-state index contributed by atoms with van der Waals surface area (Å²) in [5.41, 5.74) is 9.40. The normalized spacial score (nSPS) is 10.6. The lowest BCUT2D eigenvalue weighted by Crippen LogP contribution is -2.20. The first-order chi connectivity index (χ1) is 9.38. The van der Waals surface area contributed by atoms with E-state index in [1.807, 2.05) is 36.7 Å². The number of nitrogens with zero attached hydrogens (tertiary/aromatic N) is 3. The molecule has 2 aromatic rings. The van der Waals surface area contributed by atoms with E-state index in [4.69, 9.17) is 10.8 Å². The number of rotatable bonds is 4. The van der Waals surface area contributed by atoms with Crippen molar-refractivity contribution in [3.05, 3.63) is 41.2 Å². The maximum absolute atomic E-state index is 10.9. The van der Waals surface area contributed by atoms with Gasteiger partial charge in [-0.3, -0.25) is 4.68 Å². The zero-order chi connectivity index (χ0) is 14.9. The predicted octanol–water partition coefficient (Wildman–Crippen LogP) is 1.65. The van der Waals surface area contributed by atoms with E-state index in [-0.39, 0.29) is 5.56 Å². The molecule has 1 heterocycles. The van der Waals surface area contributed by atoms with Gasteiger partial charge >= 0.3 is 5.97 Å². The molecule has 0 atom stereocenters. The molecule has 0 spiro atoms. The largest absolute Gasteiger partial charge is 0.478 e. The third kappa shape index (κ3) is 2.74. The number of hydrogen-bond acceptors (Lipinski definition) is 4. The van der Waals surface area contributed by atoms with Gasteiger partial charge in [-0.05, 0) is 31.2 Å². The fourth-order valence-electron chi connectivity index (χ4n) is 2.18. The fourth-order valence-corrected chi connectivity index (χ4v) is 2.18. The Hall–Kier alpha value is -2.50. The molecule has 0 aliphatic carbocycles. The highest BCUT2D eigenvalue weighted by atomic mass is 16.4. The Kier molecular flexibility index (Phi) is 3.65. The lowest BCUT2D eigenvalue weighted by atomic mass is 10.1. The average molecular weight is 274 g/mol. The highest BCUT2D eigenvalue weighted by molar-refractivity contribution is 5.90. The van der Waals surface area contributed by atoms with Crippen molar-refractivity contribution >= 4 is 17.3 Å². The monoisotopic (exact) mass is 274 g/mol. The van der Waals surface area contributed by atoms with Crippen LogP contribution >= 0.6 is 0 Å². The first-order valence-corrected chi connectivity index (χ1v) is 6.22. The number of nitrogen functional groups attached to an aromatic ring is 1. The zero-order valence-corrected chi connectivity index (χ0v) is 11.8. The number of benzene rings is 1. The van der Waals surface area contributed by atoms with Crippen LogP contribution < -0.4 is 10.6 Å². The minimum absolute atomic E-state index is 0.191. The van der Waals surface area contributed by atoms with Gasteiger partial charge in [0.2, 0.25) is 0 Å². The van der Waals surface area contributed by atoms with Crippen LogP contribution in [0.3, 0.4) is 0 Å². The smallest absolute Gasteiger partial charge is 0.335 e. The Balaban J connectivity index is 2.23. The molecule has 1 aromatic heterocycles. The van der Waals surface area contributed by atoms with Crippen LogP contribution in [0.4, 0.5) is 11.4 Å². The van der Waals surface area contributed by atoms with Gasteiger partial charge in [0.1, 0.15) is 0 Å². The number of aromatic carboxylic acids is 1. The molecule has 0 saturated carbocycles. The Morgan fingerprint density at radius 3 is 2.65 bits per heavy atom. The van der Waals surface area contributed by atoms with Crippen LogP contribution in [0.25, 0.3) is 0 Å². The quantitative estimate of drug-likeness (QED) is 0.828. The topological polar surface area (TPSA) is 84.4 Å². The van der Waals surface area contributed by atoms with E-state index in [0.29, 0.717) is 12.2 Å². The molecule has 6 nitrogen and oxygen atoms in total. The van der Waals surface area contributed by atoms with Crippen LogP contribution in [-0.2, 0) is 13.6 Å². The lowest BCUT2D eigenvalue weighted by Gasteiger charge is -2.21. The predicted molar refractivity (Wildman–Crippen MR) is 77.9 cm³/mol. The first kappa shape index (κ1) is 13.9. The van der Waals surface area contributed by atoms with E-state index >= 15 is 0 Å². The van der Waals surface area contributed by atoms with Gasteiger partial charge in [-0.2, -0.15) is 5.10 Å². The first-order valence-electron chi connectivity index (χ1n) is 6.22. The Labute approximate surface area is 117 Å². The minimum atomic E-state index is -0.979. The van der Waals surface area contributed by atoms with Crippen LogP contribution in [0.5, 0.6) is 0 Å². The molecule has 0 bridgehead atoms. The second kappa shape index (κ2) is 5.24. The Morgan fingerprint density at radius 2 is 2.15 bits per heavy atom. The number of aryl methyl sites for hydroxylation is 2. The maximum Gasteiger partial charge on any atom is 0.335 e. The summed E-state index contributed by atoms with van der Waals surface area (Å²) < 4.78 is 1.83.